The molecule has 2 heterocycles. The summed E-state index contributed by atoms with van der Waals surface area (Å²) in [6, 6.07) is 12.8. The summed E-state index contributed by atoms with van der Waals surface area (Å²) in [5, 5.41) is 16.3. The van der Waals surface area contributed by atoms with Gasteiger partial charge in [-0.1, -0.05) is 23.7 Å². The van der Waals surface area contributed by atoms with Gasteiger partial charge in [-0.05, 0) is 68.7 Å². The highest BCUT2D eigenvalue weighted by Gasteiger charge is 2.45. The number of rotatable bonds is 12. The summed E-state index contributed by atoms with van der Waals surface area (Å²) in [6.45, 7) is 1.68. The molecular formula is C30H29ClF3N9O4S. The van der Waals surface area contributed by atoms with Gasteiger partial charge in [-0.2, -0.15) is 28.1 Å². The molecule has 3 amide bonds. The molecule has 1 saturated carbocycles. The zero-order valence-corrected chi connectivity index (χ0v) is 27.0. The minimum absolute atomic E-state index is 0.000946. The molecule has 0 aliphatic heterocycles. The van der Waals surface area contributed by atoms with Crippen molar-refractivity contribution >= 4 is 63.4 Å². The molecule has 18 heteroatoms. The minimum atomic E-state index is -4.61. The number of alkyl halides is 3. The number of ether oxygens (including phenoxy) is 1. The monoisotopic (exact) mass is 703 g/mol. The van der Waals surface area contributed by atoms with Crippen molar-refractivity contribution in [1.82, 2.24) is 30.6 Å². The first-order valence-electron chi connectivity index (χ1n) is 14.4. The second kappa shape index (κ2) is 14.0. The Morgan fingerprint density at radius 3 is 2.27 bits per heavy atom. The lowest BCUT2D eigenvalue weighted by Crippen LogP contribution is -2.54. The van der Waals surface area contributed by atoms with E-state index in [1.165, 1.54) is 18.3 Å². The van der Waals surface area contributed by atoms with Gasteiger partial charge < -0.3 is 26.0 Å². The largest absolute Gasteiger partial charge is 0.454 e. The molecule has 13 nitrogen and oxygen atoms in total. The second-order valence-corrected chi connectivity index (χ2v) is 12.7. The summed E-state index contributed by atoms with van der Waals surface area (Å²) in [7, 11) is 0. The van der Waals surface area contributed by atoms with Crippen molar-refractivity contribution in [2.24, 2.45) is 0 Å². The van der Waals surface area contributed by atoms with Crippen LogP contribution in [0.15, 0.2) is 60.1 Å². The minimum Gasteiger partial charge on any atom is -0.454 e. The first kappa shape index (κ1) is 34.3. The molecule has 0 radical (unpaired) electrons. The van der Waals surface area contributed by atoms with E-state index in [-0.39, 0.29) is 29.1 Å². The van der Waals surface area contributed by atoms with Gasteiger partial charge in [0.25, 0.3) is 5.91 Å². The van der Waals surface area contributed by atoms with Crippen molar-refractivity contribution in [3.63, 3.8) is 0 Å². The van der Waals surface area contributed by atoms with E-state index in [2.05, 4.69) is 46.5 Å². The predicted molar refractivity (Wildman–Crippen MR) is 172 cm³/mol. The number of carbonyl (C=O) groups is 3. The average Bonchev–Trinajstić information content (AvgIpc) is 3.62. The fraction of sp³-hybridized carbons (Fsp3) is 0.300. The summed E-state index contributed by atoms with van der Waals surface area (Å²) in [5.41, 5.74) is 0.108. The van der Waals surface area contributed by atoms with Gasteiger partial charge in [0.2, 0.25) is 11.9 Å². The number of aromatic nitrogens is 4. The van der Waals surface area contributed by atoms with E-state index in [1.54, 1.807) is 43.5 Å². The molecule has 1 aliphatic carbocycles. The Bertz CT molecular complexity index is 1770. The SMILES string of the molecule is CC(C)(CNC(=O)c1ccc(Nc2nc(NC3(c4ccc(Cl)cc4)CC3)nc(OCC(F)(F)F)n2)cc1)NC(=O)C(=O)Nc1nccs1. The van der Waals surface area contributed by atoms with Crippen LogP contribution in [0.5, 0.6) is 6.01 Å². The number of amides is 3. The van der Waals surface area contributed by atoms with Gasteiger partial charge in [-0.3, -0.25) is 19.7 Å². The number of hydrogen-bond donors (Lipinski definition) is 5. The van der Waals surface area contributed by atoms with Crippen LogP contribution in [0.2, 0.25) is 5.02 Å². The summed E-state index contributed by atoms with van der Waals surface area (Å²) >= 11 is 7.18. The van der Waals surface area contributed by atoms with Crippen LogP contribution in [-0.4, -0.2) is 62.5 Å². The highest BCUT2D eigenvalue weighted by molar-refractivity contribution is 7.13. The van der Waals surface area contributed by atoms with Crippen molar-refractivity contribution in [3.8, 4) is 6.01 Å². The molecule has 2 aromatic carbocycles. The molecule has 0 unspecified atom stereocenters. The van der Waals surface area contributed by atoms with E-state index in [0.717, 1.165) is 29.7 Å². The van der Waals surface area contributed by atoms with Crippen LogP contribution in [0.3, 0.4) is 0 Å². The number of halogens is 4. The first-order chi connectivity index (χ1) is 22.7. The van der Waals surface area contributed by atoms with Crippen LogP contribution >= 0.6 is 22.9 Å². The van der Waals surface area contributed by atoms with Crippen molar-refractivity contribution in [2.75, 3.05) is 29.1 Å². The molecule has 48 heavy (non-hydrogen) atoms. The van der Waals surface area contributed by atoms with E-state index in [1.807, 2.05) is 12.1 Å². The third kappa shape index (κ3) is 9.51. The maximum Gasteiger partial charge on any atom is 0.422 e. The summed E-state index contributed by atoms with van der Waals surface area (Å²) in [4.78, 5) is 53.5. The van der Waals surface area contributed by atoms with Crippen molar-refractivity contribution in [3.05, 3.63) is 76.3 Å². The Kier molecular flexibility index (Phi) is 10.00. The third-order valence-electron chi connectivity index (χ3n) is 6.88. The molecule has 0 saturated heterocycles. The normalized spacial score (nSPS) is 13.6. The van der Waals surface area contributed by atoms with Crippen LogP contribution in [0.4, 0.5) is 35.9 Å². The smallest absolute Gasteiger partial charge is 0.422 e. The molecule has 1 fully saturated rings. The first-order valence-corrected chi connectivity index (χ1v) is 15.6. The summed E-state index contributed by atoms with van der Waals surface area (Å²) in [5.74, 6) is -2.32. The van der Waals surface area contributed by atoms with Crippen LogP contribution in [0.25, 0.3) is 0 Å². The molecule has 252 valence electrons. The Morgan fingerprint density at radius 2 is 1.65 bits per heavy atom. The van der Waals surface area contributed by atoms with Crippen LogP contribution in [-0.2, 0) is 15.1 Å². The van der Waals surface area contributed by atoms with Crippen LogP contribution < -0.4 is 31.3 Å². The lowest BCUT2D eigenvalue weighted by Gasteiger charge is -2.26. The van der Waals surface area contributed by atoms with E-state index in [9.17, 15) is 27.6 Å². The fourth-order valence-corrected chi connectivity index (χ4v) is 5.01. The van der Waals surface area contributed by atoms with E-state index in [4.69, 9.17) is 16.3 Å². The van der Waals surface area contributed by atoms with Gasteiger partial charge in [0.15, 0.2) is 11.7 Å². The Hall–Kier alpha value is -5.03. The molecule has 2 aromatic heterocycles. The standard InChI is InChI=1S/C30H29ClF3N9O4S/c1-28(2,42-23(46)22(45)38-27-35-13-14-48-27)15-36-21(44)17-3-9-20(10-4-17)37-24-39-25(41-26(40-24)47-16-30(32,33)34)43-29(11-12-29)18-5-7-19(31)8-6-18/h3-10,13-14H,11-12,15-16H2,1-2H3,(H,36,44)(H,42,46)(H,35,38,45)(H2,37,39,40,41,43). The lowest BCUT2D eigenvalue weighted by molar-refractivity contribution is -0.154. The molecule has 5 rings (SSSR count). The molecule has 1 aliphatic rings. The zero-order valence-electron chi connectivity index (χ0n) is 25.4. The summed E-state index contributed by atoms with van der Waals surface area (Å²) in [6.07, 6.45) is -1.65. The van der Waals surface area contributed by atoms with Gasteiger partial charge in [0, 0.05) is 34.4 Å². The molecule has 5 N–H and O–H groups in total. The predicted octanol–water partition coefficient (Wildman–Crippen LogP) is 5.03. The van der Waals surface area contributed by atoms with E-state index >= 15 is 0 Å². The van der Waals surface area contributed by atoms with Crippen molar-refractivity contribution in [1.29, 1.82) is 0 Å². The van der Waals surface area contributed by atoms with Crippen molar-refractivity contribution in [2.45, 2.75) is 43.9 Å². The number of nitrogens with one attached hydrogen (secondary N) is 5. The second-order valence-electron chi connectivity index (χ2n) is 11.4. The third-order valence-corrected chi connectivity index (χ3v) is 7.82. The summed E-state index contributed by atoms with van der Waals surface area (Å²) < 4.78 is 43.5. The lowest BCUT2D eigenvalue weighted by atomic mass is 10.1. The molecule has 4 aromatic rings. The number of hydrogen-bond acceptors (Lipinski definition) is 11. The topological polar surface area (TPSA) is 172 Å². The highest BCUT2D eigenvalue weighted by Crippen LogP contribution is 2.48. The van der Waals surface area contributed by atoms with E-state index < -0.39 is 47.6 Å². The molecule has 0 atom stereocenters. The number of carbonyl (C=O) groups excluding carboxylic acids is 3. The molecule has 0 bridgehead atoms. The molecular weight excluding hydrogens is 675 g/mol. The van der Waals surface area contributed by atoms with Gasteiger partial charge in [0.05, 0.1) is 11.1 Å². The quantitative estimate of drug-likeness (QED) is 0.126. The average molecular weight is 704 g/mol. The Labute approximate surface area is 281 Å². The van der Waals surface area contributed by atoms with Gasteiger partial charge in [-0.15, -0.1) is 11.3 Å². The van der Waals surface area contributed by atoms with Gasteiger partial charge in [0.1, 0.15) is 0 Å². The maximum atomic E-state index is 12.9. The van der Waals surface area contributed by atoms with Crippen LogP contribution in [0.1, 0.15) is 42.6 Å². The highest BCUT2D eigenvalue weighted by atomic mass is 35.5. The number of benzene rings is 2. The fourth-order valence-electron chi connectivity index (χ4n) is 4.36. The maximum absolute atomic E-state index is 12.9. The van der Waals surface area contributed by atoms with Crippen LogP contribution in [0, 0.1) is 0 Å². The number of anilines is 4. The Morgan fingerprint density at radius 1 is 0.958 bits per heavy atom. The van der Waals surface area contributed by atoms with Gasteiger partial charge >= 0.3 is 24.0 Å². The number of nitrogens with zero attached hydrogens (tertiary/aromatic N) is 4. The van der Waals surface area contributed by atoms with Gasteiger partial charge in [-0.25, -0.2) is 4.98 Å². The Balaban J connectivity index is 1.21. The zero-order chi connectivity index (χ0) is 34.5. The van der Waals surface area contributed by atoms with E-state index in [0.29, 0.717) is 10.7 Å². The number of thiazole rings is 1. The molecule has 0 spiro atoms. The van der Waals surface area contributed by atoms with Crippen molar-refractivity contribution < 1.29 is 32.3 Å².